The number of fused-ring (bicyclic) bond motifs is 1. The number of para-hydroxylation sites is 2. The van der Waals surface area contributed by atoms with E-state index in [9.17, 15) is 9.18 Å². The molecule has 1 unspecified atom stereocenters. The van der Waals surface area contributed by atoms with Gasteiger partial charge in [-0.3, -0.25) is 14.1 Å². The van der Waals surface area contributed by atoms with Crippen molar-refractivity contribution >= 4 is 22.9 Å². The molecule has 3 aromatic rings. The number of carbonyl (C=O) groups is 1. The van der Waals surface area contributed by atoms with Crippen LogP contribution < -0.4 is 10.2 Å². The predicted molar refractivity (Wildman–Crippen MR) is 162 cm³/mol. The first kappa shape index (κ1) is 31.2. The fourth-order valence-electron chi connectivity index (χ4n) is 6.46. The van der Waals surface area contributed by atoms with E-state index >= 15 is 0 Å². The maximum atomic E-state index is 14.8. The van der Waals surface area contributed by atoms with Crippen molar-refractivity contribution in [2.75, 3.05) is 44.4 Å². The number of rotatable bonds is 9. The molecule has 1 atom stereocenters. The molecule has 1 N–H and O–H groups in total. The molecular formula is C31H45F2N7O3. The van der Waals surface area contributed by atoms with Crippen LogP contribution in [-0.4, -0.2) is 76.0 Å². The van der Waals surface area contributed by atoms with Crippen molar-refractivity contribution in [2.24, 2.45) is 11.8 Å². The molecule has 1 aromatic carbocycles. The Balaban J connectivity index is 0.00000221. The second kappa shape index (κ2) is 14.5. The highest BCUT2D eigenvalue weighted by atomic mass is 19.1. The van der Waals surface area contributed by atoms with E-state index in [0.717, 1.165) is 63.3 Å². The SMILES string of the molecule is CC(F)c1nc2ccccc2n1-c1nc(CCCC2CCC(NC(=O)C3CCOCC3)CC2)nc(N2CCOCC2)n1.F.[HH]. The van der Waals surface area contributed by atoms with Gasteiger partial charge in [-0.05, 0) is 69.9 Å². The number of nitrogens with one attached hydrogen (secondary N) is 1. The van der Waals surface area contributed by atoms with Crippen molar-refractivity contribution in [3.05, 3.63) is 35.9 Å². The summed E-state index contributed by atoms with van der Waals surface area (Å²) in [5, 5.41) is 3.30. The van der Waals surface area contributed by atoms with E-state index in [1.807, 2.05) is 24.3 Å². The third kappa shape index (κ3) is 7.46. The zero-order valence-electron chi connectivity index (χ0n) is 24.9. The molecule has 12 heteroatoms. The van der Waals surface area contributed by atoms with Gasteiger partial charge < -0.3 is 19.7 Å². The van der Waals surface area contributed by atoms with Crippen LogP contribution in [0.15, 0.2) is 24.3 Å². The third-order valence-corrected chi connectivity index (χ3v) is 8.89. The van der Waals surface area contributed by atoms with Crippen LogP contribution in [0.5, 0.6) is 0 Å². The maximum Gasteiger partial charge on any atom is 0.240 e. The van der Waals surface area contributed by atoms with Gasteiger partial charge in [-0.25, -0.2) is 9.37 Å². The van der Waals surface area contributed by atoms with Crippen LogP contribution in [0.3, 0.4) is 0 Å². The Kier molecular flexibility index (Phi) is 10.5. The van der Waals surface area contributed by atoms with E-state index < -0.39 is 6.17 Å². The molecule has 3 fully saturated rings. The van der Waals surface area contributed by atoms with Gasteiger partial charge >= 0.3 is 0 Å². The number of morpholine rings is 1. The summed E-state index contributed by atoms with van der Waals surface area (Å²) in [4.78, 5) is 33.8. The molecular weight excluding hydrogens is 556 g/mol. The lowest BCUT2D eigenvalue weighted by Gasteiger charge is -2.31. The number of ether oxygens (including phenoxy) is 2. The number of anilines is 1. The minimum atomic E-state index is -1.28. The molecule has 3 aliphatic rings. The van der Waals surface area contributed by atoms with Crippen LogP contribution in [-0.2, 0) is 20.7 Å². The first-order valence-corrected chi connectivity index (χ1v) is 15.6. The van der Waals surface area contributed by atoms with E-state index in [2.05, 4.69) is 15.2 Å². The molecule has 10 nitrogen and oxygen atoms in total. The van der Waals surface area contributed by atoms with E-state index in [4.69, 9.17) is 24.4 Å². The summed E-state index contributed by atoms with van der Waals surface area (Å²) in [6, 6.07) is 7.92. The van der Waals surface area contributed by atoms with Crippen molar-refractivity contribution in [3.63, 3.8) is 0 Å². The van der Waals surface area contributed by atoms with E-state index in [-0.39, 0.29) is 24.0 Å². The molecule has 236 valence electrons. The van der Waals surface area contributed by atoms with E-state index in [1.165, 1.54) is 6.92 Å². The third-order valence-electron chi connectivity index (χ3n) is 8.89. The highest BCUT2D eigenvalue weighted by Gasteiger charge is 2.27. The Hall–Kier alpha value is -3.25. The fraction of sp³-hybridized carbons (Fsp3) is 0.645. The van der Waals surface area contributed by atoms with Gasteiger partial charge in [0, 0.05) is 46.1 Å². The molecule has 2 saturated heterocycles. The molecule has 1 aliphatic carbocycles. The van der Waals surface area contributed by atoms with Gasteiger partial charge in [0.15, 0.2) is 12.0 Å². The maximum absolute atomic E-state index is 14.8. The number of amides is 1. The first-order valence-electron chi connectivity index (χ1n) is 15.6. The number of aryl methyl sites for hydroxylation is 1. The largest absolute Gasteiger partial charge is 0.381 e. The molecule has 0 radical (unpaired) electrons. The van der Waals surface area contributed by atoms with Crippen molar-refractivity contribution in [2.45, 2.75) is 76.9 Å². The van der Waals surface area contributed by atoms with Gasteiger partial charge in [-0.15, -0.1) is 0 Å². The summed E-state index contributed by atoms with van der Waals surface area (Å²) in [5.74, 6) is 2.98. The smallest absolute Gasteiger partial charge is 0.240 e. The summed E-state index contributed by atoms with van der Waals surface area (Å²) in [6.07, 6.45) is 7.49. The molecule has 2 aromatic heterocycles. The number of hydrogen-bond acceptors (Lipinski definition) is 8. The summed E-state index contributed by atoms with van der Waals surface area (Å²) >= 11 is 0. The molecule has 1 saturated carbocycles. The molecule has 2 aliphatic heterocycles. The Morgan fingerprint density at radius 1 is 0.977 bits per heavy atom. The van der Waals surface area contributed by atoms with Crippen LogP contribution in [0.25, 0.3) is 17.0 Å². The average molecular weight is 602 g/mol. The van der Waals surface area contributed by atoms with Crippen LogP contribution >= 0.6 is 0 Å². The number of aromatic nitrogens is 5. The van der Waals surface area contributed by atoms with Gasteiger partial charge in [-0.1, -0.05) is 18.6 Å². The highest BCUT2D eigenvalue weighted by Crippen LogP contribution is 2.30. The first-order chi connectivity index (χ1) is 20.5. The van der Waals surface area contributed by atoms with Gasteiger partial charge in [0.1, 0.15) is 5.82 Å². The lowest BCUT2D eigenvalue weighted by Crippen LogP contribution is -2.42. The summed E-state index contributed by atoms with van der Waals surface area (Å²) in [6.45, 7) is 5.52. The topological polar surface area (TPSA) is 107 Å². The molecule has 43 heavy (non-hydrogen) atoms. The Bertz CT molecular complexity index is 1360. The normalized spacial score (nSPS) is 22.2. The summed E-state index contributed by atoms with van der Waals surface area (Å²) in [5.41, 5.74) is 1.49. The van der Waals surface area contributed by atoms with Gasteiger partial charge in [-0.2, -0.15) is 15.0 Å². The molecule has 0 spiro atoms. The monoisotopic (exact) mass is 601 g/mol. The Labute approximate surface area is 252 Å². The molecule has 1 amide bonds. The molecule has 0 bridgehead atoms. The number of alkyl halides is 1. The summed E-state index contributed by atoms with van der Waals surface area (Å²) < 4.78 is 27.5. The number of hydrogen-bond donors (Lipinski definition) is 1. The number of halogens is 2. The highest BCUT2D eigenvalue weighted by molar-refractivity contribution is 5.79. The van der Waals surface area contributed by atoms with E-state index in [1.54, 1.807) is 4.57 Å². The predicted octanol–water partition coefficient (Wildman–Crippen LogP) is 4.90. The number of imidazole rings is 1. The van der Waals surface area contributed by atoms with Crippen molar-refractivity contribution < 1.29 is 24.8 Å². The minimum absolute atomic E-state index is 0. The minimum Gasteiger partial charge on any atom is -0.381 e. The Morgan fingerprint density at radius 3 is 2.42 bits per heavy atom. The second-order valence-electron chi connectivity index (χ2n) is 11.9. The zero-order valence-corrected chi connectivity index (χ0v) is 24.9. The summed E-state index contributed by atoms with van der Waals surface area (Å²) in [7, 11) is 0. The standard InChI is InChI=1S/C31H42FN7O3.FH.H2/c1-21(32)28-34-25-6-2-3-7-26(25)39(28)31-36-27(35-30(37-31)38-15-19-42-20-16-38)8-4-5-22-9-11-24(12-10-22)33-29(40)23-13-17-41-18-14-23;;/h2-3,6-7,21-24H,4-5,8-20H2,1H3,(H,33,40);2*1H. The average Bonchev–Trinajstić information content (AvgIpc) is 3.43. The molecule has 4 heterocycles. The van der Waals surface area contributed by atoms with Crippen LogP contribution in [0, 0.1) is 11.8 Å². The van der Waals surface area contributed by atoms with Crippen LogP contribution in [0.2, 0.25) is 0 Å². The van der Waals surface area contributed by atoms with E-state index in [0.29, 0.717) is 74.5 Å². The zero-order chi connectivity index (χ0) is 28.9. The van der Waals surface area contributed by atoms with Crippen molar-refractivity contribution in [1.82, 2.24) is 29.8 Å². The molecule has 6 rings (SSSR count). The van der Waals surface area contributed by atoms with Crippen LogP contribution in [0.1, 0.15) is 77.5 Å². The van der Waals surface area contributed by atoms with Gasteiger partial charge in [0.25, 0.3) is 0 Å². The number of carbonyl (C=O) groups excluding carboxylic acids is 1. The lowest BCUT2D eigenvalue weighted by atomic mass is 9.83. The van der Waals surface area contributed by atoms with Crippen molar-refractivity contribution in [3.8, 4) is 5.95 Å². The second-order valence-corrected chi connectivity index (χ2v) is 11.9. The number of nitrogens with zero attached hydrogens (tertiary/aromatic N) is 6. The lowest BCUT2D eigenvalue weighted by molar-refractivity contribution is -0.128. The number of benzene rings is 1. The Morgan fingerprint density at radius 2 is 1.67 bits per heavy atom. The van der Waals surface area contributed by atoms with Crippen LogP contribution in [0.4, 0.5) is 15.0 Å². The van der Waals surface area contributed by atoms with Crippen molar-refractivity contribution in [1.29, 1.82) is 0 Å². The quantitative estimate of drug-likeness (QED) is 0.369. The van der Waals surface area contributed by atoms with Gasteiger partial charge in [0.2, 0.25) is 17.8 Å². The fourth-order valence-corrected chi connectivity index (χ4v) is 6.46. The van der Waals surface area contributed by atoms with Gasteiger partial charge in [0.05, 0.1) is 24.2 Å².